The van der Waals surface area contributed by atoms with E-state index in [1.54, 1.807) is 7.05 Å². The number of piperidine rings is 1. The summed E-state index contributed by atoms with van der Waals surface area (Å²) in [4.78, 5) is 20.2. The number of halogens is 1. The van der Waals surface area contributed by atoms with E-state index in [1.165, 1.54) is 17.7 Å². The Morgan fingerprint density at radius 1 is 1.34 bits per heavy atom. The van der Waals surface area contributed by atoms with E-state index in [0.29, 0.717) is 19.0 Å². The number of rotatable bonds is 9. The van der Waals surface area contributed by atoms with E-state index in [1.807, 2.05) is 18.3 Å². The van der Waals surface area contributed by atoms with E-state index < -0.39 is 0 Å². The van der Waals surface area contributed by atoms with Crippen LogP contribution in [0.5, 0.6) is 0 Å². The van der Waals surface area contributed by atoms with Gasteiger partial charge in [0.15, 0.2) is 5.96 Å². The van der Waals surface area contributed by atoms with Crippen molar-refractivity contribution in [1.29, 1.82) is 0 Å². The number of likely N-dealkylation sites (tertiary alicyclic amines) is 1. The van der Waals surface area contributed by atoms with Crippen molar-refractivity contribution in [2.45, 2.75) is 58.5 Å². The molecule has 1 amide bonds. The number of guanidine groups is 1. The number of hydrogen-bond acceptors (Lipinski definition) is 4. The van der Waals surface area contributed by atoms with Crippen molar-refractivity contribution < 1.29 is 4.79 Å². The van der Waals surface area contributed by atoms with Gasteiger partial charge in [-0.2, -0.15) is 0 Å². The minimum atomic E-state index is 0. The van der Waals surface area contributed by atoms with Crippen LogP contribution in [0.2, 0.25) is 0 Å². The summed E-state index contributed by atoms with van der Waals surface area (Å²) in [5, 5.41) is 11.9. The maximum atomic E-state index is 11.9. The van der Waals surface area contributed by atoms with Gasteiger partial charge < -0.3 is 16.0 Å². The van der Waals surface area contributed by atoms with Gasteiger partial charge in [-0.25, -0.2) is 0 Å². The monoisotopic (exact) mass is 535 g/mol. The van der Waals surface area contributed by atoms with Crippen molar-refractivity contribution in [2.75, 3.05) is 33.2 Å². The number of carbonyl (C=O) groups excluding carboxylic acids is 1. The first-order valence-electron chi connectivity index (χ1n) is 10.5. The van der Waals surface area contributed by atoms with Crippen LogP contribution in [0.15, 0.2) is 22.5 Å². The fourth-order valence-corrected chi connectivity index (χ4v) is 4.25. The van der Waals surface area contributed by atoms with Gasteiger partial charge in [-0.3, -0.25) is 14.7 Å². The summed E-state index contributed by atoms with van der Waals surface area (Å²) in [5.41, 5.74) is 0. The van der Waals surface area contributed by atoms with E-state index >= 15 is 0 Å². The summed E-state index contributed by atoms with van der Waals surface area (Å²) < 4.78 is 0. The highest BCUT2D eigenvalue weighted by atomic mass is 127. The largest absolute Gasteiger partial charge is 0.356 e. The molecule has 29 heavy (non-hydrogen) atoms. The molecule has 8 heteroatoms. The van der Waals surface area contributed by atoms with Gasteiger partial charge in [0.25, 0.3) is 0 Å². The molecule has 1 aliphatic rings. The Hall–Kier alpha value is -0.870. The third-order valence-corrected chi connectivity index (χ3v) is 6.45. The molecule has 1 aliphatic heterocycles. The van der Waals surface area contributed by atoms with Crippen molar-refractivity contribution in [3.63, 3.8) is 0 Å². The van der Waals surface area contributed by atoms with Gasteiger partial charge in [-0.05, 0) is 56.6 Å². The number of thiophene rings is 1. The molecule has 2 rings (SSSR count). The van der Waals surface area contributed by atoms with Crippen LogP contribution in [0.3, 0.4) is 0 Å². The van der Waals surface area contributed by atoms with Gasteiger partial charge in [0, 0.05) is 37.5 Å². The highest BCUT2D eigenvalue weighted by Gasteiger charge is 2.25. The quantitative estimate of drug-likeness (QED) is 0.257. The van der Waals surface area contributed by atoms with Gasteiger partial charge in [0.05, 0.1) is 6.04 Å². The number of nitrogens with one attached hydrogen (secondary N) is 3. The molecule has 0 radical (unpaired) electrons. The highest BCUT2D eigenvalue weighted by molar-refractivity contribution is 14.0. The molecule has 0 saturated carbocycles. The topological polar surface area (TPSA) is 68.8 Å². The Kier molecular flexibility index (Phi) is 12.8. The maximum absolute atomic E-state index is 11.9. The van der Waals surface area contributed by atoms with Gasteiger partial charge >= 0.3 is 0 Å². The number of nitrogens with zero attached hydrogens (tertiary/aromatic N) is 2. The SMILES string of the molecule is CCC(C)NC(=O)CCNC(=NC)NCC(c1cccs1)N1CCC(C)CC1.I. The Bertz CT molecular complexity index is 602. The van der Waals surface area contributed by atoms with Crippen LogP contribution in [-0.2, 0) is 4.79 Å². The van der Waals surface area contributed by atoms with Gasteiger partial charge in [0.1, 0.15) is 0 Å². The van der Waals surface area contributed by atoms with Crippen LogP contribution in [0.4, 0.5) is 0 Å². The molecule has 2 unspecified atom stereocenters. The molecule has 6 nitrogen and oxygen atoms in total. The summed E-state index contributed by atoms with van der Waals surface area (Å²) in [6.07, 6.45) is 3.92. The summed E-state index contributed by atoms with van der Waals surface area (Å²) in [5.74, 6) is 1.66. The number of hydrogen-bond donors (Lipinski definition) is 3. The second-order valence-corrected chi connectivity index (χ2v) is 8.74. The first kappa shape index (κ1) is 26.2. The summed E-state index contributed by atoms with van der Waals surface area (Å²) in [6, 6.07) is 4.94. The Morgan fingerprint density at radius 2 is 2.07 bits per heavy atom. The van der Waals surface area contributed by atoms with Crippen LogP contribution in [0.1, 0.15) is 57.4 Å². The lowest BCUT2D eigenvalue weighted by atomic mass is 9.97. The third kappa shape index (κ3) is 9.21. The van der Waals surface area contributed by atoms with Crippen molar-refractivity contribution in [3.05, 3.63) is 22.4 Å². The van der Waals surface area contributed by atoms with Crippen LogP contribution in [0, 0.1) is 5.92 Å². The van der Waals surface area contributed by atoms with Crippen molar-refractivity contribution in [1.82, 2.24) is 20.9 Å². The highest BCUT2D eigenvalue weighted by Crippen LogP contribution is 2.28. The molecule has 0 bridgehead atoms. The molecule has 166 valence electrons. The van der Waals surface area contributed by atoms with Gasteiger partial charge in [0.2, 0.25) is 5.91 Å². The number of carbonyl (C=O) groups is 1. The van der Waals surface area contributed by atoms with E-state index in [4.69, 9.17) is 0 Å². The molecule has 1 saturated heterocycles. The predicted octanol–water partition coefficient (Wildman–Crippen LogP) is 3.61. The van der Waals surface area contributed by atoms with Gasteiger partial charge in [-0.15, -0.1) is 35.3 Å². The smallest absolute Gasteiger partial charge is 0.221 e. The average molecular weight is 536 g/mol. The molecule has 0 aromatic carbocycles. The fraction of sp³-hybridized carbons (Fsp3) is 0.714. The fourth-order valence-electron chi connectivity index (χ4n) is 3.39. The van der Waals surface area contributed by atoms with E-state index in [9.17, 15) is 4.79 Å². The first-order valence-corrected chi connectivity index (χ1v) is 11.4. The zero-order valence-electron chi connectivity index (χ0n) is 18.2. The standard InChI is InChI=1S/C21H37N5OS.HI/c1-5-17(3)25-20(27)8-11-23-21(22-4)24-15-18(19-7-6-14-28-19)26-12-9-16(2)10-13-26;/h6-7,14,16-18H,5,8-13,15H2,1-4H3,(H,25,27)(H2,22,23,24);1H. The molecule has 1 aromatic rings. The van der Waals surface area contributed by atoms with Crippen LogP contribution >= 0.6 is 35.3 Å². The van der Waals surface area contributed by atoms with Crippen LogP contribution in [-0.4, -0.2) is 56.0 Å². The molecular weight excluding hydrogens is 497 g/mol. The lowest BCUT2D eigenvalue weighted by Gasteiger charge is -2.36. The lowest BCUT2D eigenvalue weighted by Crippen LogP contribution is -2.45. The number of aliphatic imine (C=N–C) groups is 1. The Balaban J connectivity index is 0.00000420. The second kappa shape index (κ2) is 14.2. The molecule has 1 fully saturated rings. The first-order chi connectivity index (χ1) is 13.5. The molecule has 2 heterocycles. The summed E-state index contributed by atoms with van der Waals surface area (Å²) in [7, 11) is 1.78. The zero-order chi connectivity index (χ0) is 20.4. The summed E-state index contributed by atoms with van der Waals surface area (Å²) in [6.45, 7) is 10.1. The van der Waals surface area contributed by atoms with Crippen LogP contribution < -0.4 is 16.0 Å². The second-order valence-electron chi connectivity index (χ2n) is 7.76. The summed E-state index contributed by atoms with van der Waals surface area (Å²) >= 11 is 1.82. The van der Waals surface area contributed by atoms with Gasteiger partial charge in [-0.1, -0.05) is 19.9 Å². The molecule has 0 spiro atoms. The zero-order valence-corrected chi connectivity index (χ0v) is 21.4. The van der Waals surface area contributed by atoms with Crippen molar-refractivity contribution >= 4 is 47.2 Å². The van der Waals surface area contributed by atoms with Crippen molar-refractivity contribution in [3.8, 4) is 0 Å². The number of amides is 1. The molecule has 2 atom stereocenters. The minimum Gasteiger partial charge on any atom is -0.356 e. The maximum Gasteiger partial charge on any atom is 0.221 e. The Labute approximate surface area is 197 Å². The Morgan fingerprint density at radius 3 is 2.66 bits per heavy atom. The lowest BCUT2D eigenvalue weighted by molar-refractivity contribution is -0.121. The normalized spacial score (nSPS) is 17.9. The molecule has 0 aliphatic carbocycles. The van der Waals surface area contributed by atoms with E-state index in [2.05, 4.69) is 57.2 Å². The minimum absolute atomic E-state index is 0. The van der Waals surface area contributed by atoms with Crippen molar-refractivity contribution in [2.24, 2.45) is 10.9 Å². The third-order valence-electron chi connectivity index (χ3n) is 5.48. The molecule has 3 N–H and O–H groups in total. The van der Waals surface area contributed by atoms with Crippen LogP contribution in [0.25, 0.3) is 0 Å². The molecule has 1 aromatic heterocycles. The predicted molar refractivity (Wildman–Crippen MR) is 134 cm³/mol. The average Bonchev–Trinajstić information content (AvgIpc) is 3.22. The molecular formula is C21H38IN5OS. The van der Waals surface area contributed by atoms with E-state index in [-0.39, 0.29) is 35.9 Å². The van der Waals surface area contributed by atoms with E-state index in [0.717, 1.165) is 37.9 Å².